The number of nitrogens with two attached hydrogens (primary N) is 1. The van der Waals surface area contributed by atoms with Crippen LogP contribution in [0.15, 0.2) is 12.1 Å². The van der Waals surface area contributed by atoms with E-state index in [-0.39, 0.29) is 17.4 Å². The first-order valence-electron chi connectivity index (χ1n) is 4.31. The molecule has 0 fully saturated rings. The smallest absolute Gasteiger partial charge is 0.176 e. The highest BCUT2D eigenvalue weighted by Crippen LogP contribution is 2.21. The average molecular weight is 216 g/mol. The minimum Gasteiger partial charge on any atom is -0.324 e. The second kappa shape index (κ2) is 4.53. The van der Waals surface area contributed by atoms with Gasteiger partial charge in [-0.3, -0.25) is 4.79 Å². The summed E-state index contributed by atoms with van der Waals surface area (Å²) in [5.74, 6) is -0.690. The lowest BCUT2D eigenvalue weighted by Crippen LogP contribution is -2.14. The third-order valence-electron chi connectivity index (χ3n) is 1.99. The van der Waals surface area contributed by atoms with Crippen molar-refractivity contribution in [2.75, 3.05) is 6.54 Å². The molecule has 1 aromatic carbocycles. The number of Topliss-reactive ketones (excluding diaryl/α,β-unsaturated/α-hetero) is 1. The fourth-order valence-electron chi connectivity index (χ4n) is 1.18. The zero-order chi connectivity index (χ0) is 10.7. The van der Waals surface area contributed by atoms with Crippen molar-refractivity contribution in [1.29, 1.82) is 0 Å². The van der Waals surface area contributed by atoms with Crippen LogP contribution in [0.3, 0.4) is 0 Å². The van der Waals surface area contributed by atoms with Gasteiger partial charge in [-0.15, -0.1) is 0 Å². The molecule has 0 amide bonds. The van der Waals surface area contributed by atoms with Crippen LogP contribution in [0.1, 0.15) is 22.8 Å². The predicted molar refractivity (Wildman–Crippen MR) is 54.2 cm³/mol. The van der Waals surface area contributed by atoms with E-state index < -0.39 is 5.82 Å². The number of halogens is 2. The van der Waals surface area contributed by atoms with Gasteiger partial charge in [-0.25, -0.2) is 4.39 Å². The minimum atomic E-state index is -0.456. The van der Waals surface area contributed by atoms with E-state index in [1.54, 1.807) is 6.92 Å². The van der Waals surface area contributed by atoms with Gasteiger partial charge in [0.25, 0.3) is 0 Å². The largest absolute Gasteiger partial charge is 0.324 e. The maximum Gasteiger partial charge on any atom is 0.176 e. The fourth-order valence-corrected chi connectivity index (χ4v) is 1.42. The van der Waals surface area contributed by atoms with Gasteiger partial charge in [0, 0.05) is 5.56 Å². The van der Waals surface area contributed by atoms with Crippen molar-refractivity contribution in [2.24, 2.45) is 5.73 Å². The van der Waals surface area contributed by atoms with Crippen molar-refractivity contribution >= 4 is 17.4 Å². The first-order valence-corrected chi connectivity index (χ1v) is 4.69. The van der Waals surface area contributed by atoms with Crippen molar-refractivity contribution in [3.8, 4) is 0 Å². The van der Waals surface area contributed by atoms with Crippen molar-refractivity contribution in [3.05, 3.63) is 34.1 Å². The molecule has 1 aromatic rings. The molecule has 4 heteroatoms. The van der Waals surface area contributed by atoms with Crippen LogP contribution in [-0.4, -0.2) is 12.3 Å². The van der Waals surface area contributed by atoms with E-state index in [4.69, 9.17) is 17.3 Å². The molecular weight excluding hydrogens is 205 g/mol. The van der Waals surface area contributed by atoms with Crippen LogP contribution in [0.4, 0.5) is 4.39 Å². The Morgan fingerprint density at radius 3 is 2.71 bits per heavy atom. The summed E-state index contributed by atoms with van der Waals surface area (Å²) < 4.78 is 13.3. The Labute approximate surface area is 86.9 Å². The number of benzene rings is 1. The van der Waals surface area contributed by atoms with Crippen LogP contribution in [0.2, 0.25) is 5.02 Å². The molecule has 2 nitrogen and oxygen atoms in total. The highest BCUT2D eigenvalue weighted by molar-refractivity contribution is 6.31. The molecule has 0 saturated heterocycles. The number of aryl methyl sites for hydroxylation is 1. The summed E-state index contributed by atoms with van der Waals surface area (Å²) in [6.07, 6.45) is 0.497. The van der Waals surface area contributed by atoms with Crippen molar-refractivity contribution in [3.63, 3.8) is 0 Å². The molecular formula is C10H11ClFNO. The molecule has 0 saturated carbocycles. The summed E-state index contributed by atoms with van der Waals surface area (Å²) in [7, 11) is 0. The molecule has 14 heavy (non-hydrogen) atoms. The maximum absolute atomic E-state index is 13.3. The van der Waals surface area contributed by atoms with Crippen LogP contribution in [-0.2, 0) is 6.42 Å². The monoisotopic (exact) mass is 215 g/mol. The molecule has 0 unspecified atom stereocenters. The van der Waals surface area contributed by atoms with Crippen molar-refractivity contribution < 1.29 is 9.18 Å². The second-order valence-electron chi connectivity index (χ2n) is 2.91. The van der Waals surface area contributed by atoms with Crippen molar-refractivity contribution in [1.82, 2.24) is 0 Å². The average Bonchev–Trinajstić information content (AvgIpc) is 2.20. The zero-order valence-corrected chi connectivity index (χ0v) is 8.57. The van der Waals surface area contributed by atoms with Gasteiger partial charge in [0.2, 0.25) is 0 Å². The third kappa shape index (κ3) is 2.11. The van der Waals surface area contributed by atoms with E-state index >= 15 is 0 Å². The Bertz CT molecular complexity index is 365. The Morgan fingerprint density at radius 1 is 1.57 bits per heavy atom. The first kappa shape index (κ1) is 11.1. The van der Waals surface area contributed by atoms with E-state index in [2.05, 4.69) is 0 Å². The summed E-state index contributed by atoms with van der Waals surface area (Å²) in [5.41, 5.74) is 6.01. The number of carbonyl (C=O) groups excluding carboxylic acids is 1. The van der Waals surface area contributed by atoms with Crippen LogP contribution in [0.25, 0.3) is 0 Å². The van der Waals surface area contributed by atoms with Crippen LogP contribution < -0.4 is 5.73 Å². The predicted octanol–water partition coefficient (Wildman–Crippen LogP) is 2.18. The topological polar surface area (TPSA) is 43.1 Å². The van der Waals surface area contributed by atoms with Crippen LogP contribution >= 0.6 is 11.6 Å². The second-order valence-corrected chi connectivity index (χ2v) is 3.32. The zero-order valence-electron chi connectivity index (χ0n) is 7.81. The number of rotatable bonds is 3. The first-order chi connectivity index (χ1) is 6.60. The lowest BCUT2D eigenvalue weighted by molar-refractivity contribution is 0.100. The Balaban J connectivity index is 3.22. The van der Waals surface area contributed by atoms with E-state index in [0.717, 1.165) is 0 Å². The molecule has 0 aliphatic heterocycles. The summed E-state index contributed by atoms with van der Waals surface area (Å²) >= 11 is 5.63. The molecule has 0 atom stereocenters. The number of hydrogen-bond donors (Lipinski definition) is 1. The van der Waals surface area contributed by atoms with Crippen molar-refractivity contribution in [2.45, 2.75) is 13.3 Å². The van der Waals surface area contributed by atoms with Gasteiger partial charge in [0.05, 0.1) is 11.6 Å². The minimum absolute atomic E-state index is 0.0267. The van der Waals surface area contributed by atoms with Gasteiger partial charge >= 0.3 is 0 Å². The molecule has 2 N–H and O–H groups in total. The highest BCUT2D eigenvalue weighted by atomic mass is 35.5. The van der Waals surface area contributed by atoms with E-state index in [1.807, 2.05) is 0 Å². The molecule has 76 valence electrons. The van der Waals surface area contributed by atoms with E-state index in [0.29, 0.717) is 17.5 Å². The molecule has 0 heterocycles. The van der Waals surface area contributed by atoms with Gasteiger partial charge < -0.3 is 5.73 Å². The molecule has 1 rings (SSSR count). The number of ketones is 1. The van der Waals surface area contributed by atoms with Gasteiger partial charge in [0.15, 0.2) is 5.78 Å². The van der Waals surface area contributed by atoms with Gasteiger partial charge in [0.1, 0.15) is 5.82 Å². The van der Waals surface area contributed by atoms with Crippen LogP contribution in [0.5, 0.6) is 0 Å². The fraction of sp³-hybridized carbons (Fsp3) is 0.300. The molecule has 0 spiro atoms. The molecule has 0 aliphatic carbocycles. The summed E-state index contributed by atoms with van der Waals surface area (Å²) in [5, 5.41) is -0.0267. The van der Waals surface area contributed by atoms with E-state index in [1.165, 1.54) is 12.1 Å². The van der Waals surface area contributed by atoms with Crippen LogP contribution in [0, 0.1) is 5.82 Å². The summed E-state index contributed by atoms with van der Waals surface area (Å²) in [6.45, 7) is 1.70. The van der Waals surface area contributed by atoms with Gasteiger partial charge in [-0.1, -0.05) is 18.5 Å². The SMILES string of the molecule is CCc1cc(C(=O)CN)cc(Cl)c1F. The summed E-state index contributed by atoms with van der Waals surface area (Å²) in [4.78, 5) is 11.2. The highest BCUT2D eigenvalue weighted by Gasteiger charge is 2.11. The lowest BCUT2D eigenvalue weighted by atomic mass is 10.1. The normalized spacial score (nSPS) is 10.3. The summed E-state index contributed by atoms with van der Waals surface area (Å²) in [6, 6.07) is 2.81. The van der Waals surface area contributed by atoms with Gasteiger partial charge in [-0.05, 0) is 24.1 Å². The molecule has 0 radical (unpaired) electrons. The Morgan fingerprint density at radius 2 is 2.21 bits per heavy atom. The Kier molecular flexibility index (Phi) is 3.61. The van der Waals surface area contributed by atoms with Gasteiger partial charge in [-0.2, -0.15) is 0 Å². The standard InChI is InChI=1S/C10H11ClFNO/c1-2-6-3-7(9(14)5-13)4-8(11)10(6)12/h3-4H,2,5,13H2,1H3. The van der Waals surface area contributed by atoms with E-state index in [9.17, 15) is 9.18 Å². The number of carbonyl (C=O) groups is 1. The molecule has 0 bridgehead atoms. The Hall–Kier alpha value is -0.930. The third-order valence-corrected chi connectivity index (χ3v) is 2.27. The number of hydrogen-bond acceptors (Lipinski definition) is 2. The lowest BCUT2D eigenvalue weighted by Gasteiger charge is -2.05. The quantitative estimate of drug-likeness (QED) is 0.786. The molecule has 0 aliphatic rings. The molecule has 0 aromatic heterocycles. The maximum atomic E-state index is 13.3.